The molecule has 10 heteroatoms. The van der Waals surface area contributed by atoms with Crippen molar-refractivity contribution in [1.29, 1.82) is 0 Å². The van der Waals surface area contributed by atoms with E-state index in [0.29, 0.717) is 62.9 Å². The van der Waals surface area contributed by atoms with Gasteiger partial charge in [-0.2, -0.15) is 0 Å². The summed E-state index contributed by atoms with van der Waals surface area (Å²) in [6.45, 7) is 19.8. The van der Waals surface area contributed by atoms with E-state index in [0.717, 1.165) is 36.8 Å². The van der Waals surface area contributed by atoms with Crippen LogP contribution in [0.15, 0.2) is 24.3 Å². The number of ether oxygens (including phenoxy) is 2. The number of amides is 4. The van der Waals surface area contributed by atoms with Crippen LogP contribution in [0.4, 0.5) is 0 Å². The molecule has 0 unspecified atom stereocenters. The van der Waals surface area contributed by atoms with E-state index >= 15 is 0 Å². The Morgan fingerprint density at radius 3 is 1.20 bits per heavy atom. The summed E-state index contributed by atoms with van der Waals surface area (Å²) in [5.41, 5.74) is 1.74. The largest absolute Gasteiger partial charge is 0.362 e. The van der Waals surface area contributed by atoms with E-state index in [1.54, 1.807) is 0 Å². The summed E-state index contributed by atoms with van der Waals surface area (Å²) < 4.78 is 10.9. The molecular formula is C36H62N4O6. The number of nitrogens with zero attached hydrogens (tertiary/aromatic N) is 2. The van der Waals surface area contributed by atoms with Gasteiger partial charge >= 0.3 is 0 Å². The van der Waals surface area contributed by atoms with Gasteiger partial charge in [-0.1, -0.05) is 79.7 Å². The van der Waals surface area contributed by atoms with E-state index < -0.39 is 0 Å². The molecule has 0 fully saturated rings. The van der Waals surface area contributed by atoms with Gasteiger partial charge in [0.25, 0.3) is 0 Å². The Balaban J connectivity index is 2.42. The fourth-order valence-corrected chi connectivity index (χ4v) is 4.38. The number of hydrogen-bond donors (Lipinski definition) is 2. The third-order valence-corrected chi connectivity index (χ3v) is 7.50. The molecule has 4 amide bonds. The van der Waals surface area contributed by atoms with Gasteiger partial charge in [0.1, 0.15) is 26.4 Å². The lowest BCUT2D eigenvalue weighted by Crippen LogP contribution is -2.37. The summed E-state index contributed by atoms with van der Waals surface area (Å²) in [5, 5.41) is 5.64. The molecule has 0 bridgehead atoms. The van der Waals surface area contributed by atoms with Gasteiger partial charge < -0.3 is 29.9 Å². The first-order valence-corrected chi connectivity index (χ1v) is 17.1. The van der Waals surface area contributed by atoms with Crippen LogP contribution in [-0.2, 0) is 41.7 Å². The van der Waals surface area contributed by atoms with Crippen molar-refractivity contribution in [3.05, 3.63) is 35.4 Å². The van der Waals surface area contributed by atoms with E-state index in [2.05, 4.69) is 66.0 Å². The van der Waals surface area contributed by atoms with E-state index in [9.17, 15) is 19.2 Å². The zero-order valence-corrected chi connectivity index (χ0v) is 29.9. The molecule has 46 heavy (non-hydrogen) atoms. The van der Waals surface area contributed by atoms with Crippen molar-refractivity contribution in [1.82, 2.24) is 20.4 Å². The van der Waals surface area contributed by atoms with Crippen LogP contribution in [-0.4, -0.2) is 86.0 Å². The third-order valence-electron chi connectivity index (χ3n) is 7.50. The predicted octanol–water partition coefficient (Wildman–Crippen LogP) is 4.79. The first kappa shape index (κ1) is 41.0. The second-order valence-electron chi connectivity index (χ2n) is 13.9. The Kier molecular flexibility index (Phi) is 20.8. The van der Waals surface area contributed by atoms with Crippen molar-refractivity contribution < 1.29 is 28.7 Å². The van der Waals surface area contributed by atoms with Crippen LogP contribution < -0.4 is 10.6 Å². The van der Waals surface area contributed by atoms with Crippen molar-refractivity contribution >= 4 is 23.6 Å². The van der Waals surface area contributed by atoms with Crippen molar-refractivity contribution in [3.8, 4) is 0 Å². The van der Waals surface area contributed by atoms with Crippen molar-refractivity contribution in [3.63, 3.8) is 0 Å². The topological polar surface area (TPSA) is 117 Å². The monoisotopic (exact) mass is 646 g/mol. The van der Waals surface area contributed by atoms with E-state index in [1.165, 1.54) is 0 Å². The lowest BCUT2D eigenvalue weighted by Gasteiger charge is -2.24. The molecular weight excluding hydrogens is 584 g/mol. The zero-order chi connectivity index (χ0) is 34.5. The maximum atomic E-state index is 12.7. The number of carbonyl (C=O) groups excluding carboxylic acids is 4. The molecule has 0 saturated carbocycles. The van der Waals surface area contributed by atoms with Gasteiger partial charge in [-0.25, -0.2) is 0 Å². The van der Waals surface area contributed by atoms with Crippen LogP contribution in [0.3, 0.4) is 0 Å². The Labute approximate surface area is 278 Å². The van der Waals surface area contributed by atoms with Gasteiger partial charge in [0, 0.05) is 39.3 Å². The van der Waals surface area contributed by atoms with Crippen LogP contribution in [0.1, 0.15) is 92.2 Å². The summed E-state index contributed by atoms with van der Waals surface area (Å²) in [5.74, 6) is 1.22. The highest BCUT2D eigenvalue weighted by Gasteiger charge is 2.17. The molecule has 0 aliphatic rings. The summed E-state index contributed by atoms with van der Waals surface area (Å²) in [4.78, 5) is 53.8. The highest BCUT2D eigenvalue weighted by molar-refractivity contribution is 5.80. The van der Waals surface area contributed by atoms with Gasteiger partial charge in [0.2, 0.25) is 23.6 Å². The predicted molar refractivity (Wildman–Crippen MR) is 183 cm³/mol. The zero-order valence-electron chi connectivity index (χ0n) is 29.9. The standard InChI is InChI=1S/C36H62N4O6/c1-27(2)12-16-39(17-13-28(3)4)35(43)25-45-23-33(41)37-21-31-10-9-11-32(20-31)22-38-34(42)24-46-26-36(44)40(18-14-29(5)6)19-15-30(7)8/h9-11,20,27-30H,12-19,21-26H2,1-8H3,(H,37,41)(H,38,42). The minimum absolute atomic E-state index is 0.0916. The van der Waals surface area contributed by atoms with Crippen molar-refractivity contribution in [2.24, 2.45) is 23.7 Å². The lowest BCUT2D eigenvalue weighted by molar-refractivity contribution is -0.140. The molecule has 0 radical (unpaired) electrons. The van der Waals surface area contributed by atoms with Gasteiger partial charge in [-0.15, -0.1) is 0 Å². The molecule has 0 heterocycles. The Bertz CT molecular complexity index is 942. The van der Waals surface area contributed by atoms with Crippen LogP contribution in [0, 0.1) is 23.7 Å². The Morgan fingerprint density at radius 1 is 0.565 bits per heavy atom. The van der Waals surface area contributed by atoms with Crippen molar-refractivity contribution in [2.45, 2.75) is 94.2 Å². The molecule has 1 aromatic carbocycles. The average Bonchev–Trinajstić information content (AvgIpc) is 2.98. The van der Waals surface area contributed by atoms with Crippen LogP contribution >= 0.6 is 0 Å². The van der Waals surface area contributed by atoms with Gasteiger partial charge in [-0.3, -0.25) is 19.2 Å². The third kappa shape index (κ3) is 20.2. The van der Waals surface area contributed by atoms with Gasteiger partial charge in [0.15, 0.2) is 0 Å². The SMILES string of the molecule is CC(C)CCN(CCC(C)C)C(=O)COCC(=O)NCc1cccc(CNC(=O)COCC(=O)N(CCC(C)C)CCC(C)C)c1. The summed E-state index contributed by atoms with van der Waals surface area (Å²) in [6, 6.07) is 7.53. The lowest BCUT2D eigenvalue weighted by atomic mass is 10.1. The highest BCUT2D eigenvalue weighted by Crippen LogP contribution is 2.09. The first-order valence-electron chi connectivity index (χ1n) is 17.1. The van der Waals surface area contributed by atoms with E-state index in [4.69, 9.17) is 9.47 Å². The van der Waals surface area contributed by atoms with Gasteiger partial charge in [0.05, 0.1) is 0 Å². The normalized spacial score (nSPS) is 11.4. The summed E-state index contributed by atoms with van der Waals surface area (Å²) in [6.07, 6.45) is 3.71. The second-order valence-corrected chi connectivity index (χ2v) is 13.9. The van der Waals surface area contributed by atoms with E-state index in [1.807, 2.05) is 34.1 Å². The fraction of sp³-hybridized carbons (Fsp3) is 0.722. The number of hydrogen-bond acceptors (Lipinski definition) is 6. The quantitative estimate of drug-likeness (QED) is 0.167. The molecule has 0 saturated heterocycles. The number of nitrogens with one attached hydrogen (secondary N) is 2. The molecule has 0 aliphatic carbocycles. The van der Waals surface area contributed by atoms with Crippen LogP contribution in [0.2, 0.25) is 0 Å². The average molecular weight is 647 g/mol. The summed E-state index contributed by atoms with van der Waals surface area (Å²) in [7, 11) is 0. The molecule has 2 N–H and O–H groups in total. The maximum Gasteiger partial charge on any atom is 0.248 e. The fourth-order valence-electron chi connectivity index (χ4n) is 4.38. The van der Waals surface area contributed by atoms with Gasteiger partial charge in [-0.05, 0) is 60.5 Å². The molecule has 1 aromatic rings. The molecule has 0 atom stereocenters. The second kappa shape index (κ2) is 23.4. The van der Waals surface area contributed by atoms with E-state index in [-0.39, 0.29) is 50.1 Å². The number of benzene rings is 1. The molecule has 10 nitrogen and oxygen atoms in total. The molecule has 0 aliphatic heterocycles. The smallest absolute Gasteiger partial charge is 0.248 e. The van der Waals surface area contributed by atoms with Crippen LogP contribution in [0.25, 0.3) is 0 Å². The number of rotatable bonds is 24. The molecule has 262 valence electrons. The molecule has 0 spiro atoms. The molecule has 0 aromatic heterocycles. The number of carbonyl (C=O) groups is 4. The van der Waals surface area contributed by atoms with Crippen LogP contribution in [0.5, 0.6) is 0 Å². The van der Waals surface area contributed by atoms with Crippen molar-refractivity contribution in [2.75, 3.05) is 52.6 Å². The summed E-state index contributed by atoms with van der Waals surface area (Å²) >= 11 is 0. The minimum atomic E-state index is -0.305. The first-order chi connectivity index (χ1) is 21.8. The molecule has 1 rings (SSSR count). The Morgan fingerprint density at radius 2 is 0.891 bits per heavy atom. The Hall–Kier alpha value is -2.98. The maximum absolute atomic E-state index is 12.7. The highest BCUT2D eigenvalue weighted by atomic mass is 16.5. The minimum Gasteiger partial charge on any atom is -0.362 e.